The van der Waals surface area contributed by atoms with E-state index in [4.69, 9.17) is 10.00 Å². The number of nitrogens with zero attached hydrogens (tertiary/aromatic N) is 2. The van der Waals surface area contributed by atoms with E-state index in [0.717, 1.165) is 19.3 Å². The minimum atomic E-state index is -0.206. The van der Waals surface area contributed by atoms with Gasteiger partial charge in [-0.1, -0.05) is 6.42 Å². The molecule has 18 heavy (non-hydrogen) atoms. The highest BCUT2D eigenvalue weighted by Crippen LogP contribution is 2.25. The van der Waals surface area contributed by atoms with E-state index < -0.39 is 0 Å². The first-order chi connectivity index (χ1) is 8.72. The fourth-order valence-corrected chi connectivity index (χ4v) is 2.76. The highest BCUT2D eigenvalue weighted by molar-refractivity contribution is 5.81. The Hall–Kier alpha value is -1.12. The molecule has 0 aromatic heterocycles. The van der Waals surface area contributed by atoms with Gasteiger partial charge in [-0.25, -0.2) is 0 Å². The Kier molecular flexibility index (Phi) is 4.56. The van der Waals surface area contributed by atoms with Crippen molar-refractivity contribution in [3.63, 3.8) is 0 Å². The molecule has 5 nitrogen and oxygen atoms in total. The van der Waals surface area contributed by atoms with Crippen molar-refractivity contribution in [1.29, 1.82) is 5.26 Å². The summed E-state index contributed by atoms with van der Waals surface area (Å²) in [5, 5.41) is 12.4. The van der Waals surface area contributed by atoms with Crippen LogP contribution in [0.15, 0.2) is 0 Å². The Morgan fingerprint density at radius 2 is 2.17 bits per heavy atom. The number of hydrogen-bond donors (Lipinski definition) is 1. The van der Waals surface area contributed by atoms with Crippen LogP contribution >= 0.6 is 0 Å². The van der Waals surface area contributed by atoms with Gasteiger partial charge < -0.3 is 15.0 Å². The summed E-state index contributed by atoms with van der Waals surface area (Å²) >= 11 is 0. The smallest absolute Gasteiger partial charge is 0.239 e. The number of nitrogens with one attached hydrogen (secondary N) is 1. The summed E-state index contributed by atoms with van der Waals surface area (Å²) in [6, 6.07) is 2.30. The third kappa shape index (κ3) is 3.01. The third-order valence-electron chi connectivity index (χ3n) is 3.84. The van der Waals surface area contributed by atoms with Crippen molar-refractivity contribution in [2.75, 3.05) is 26.3 Å². The summed E-state index contributed by atoms with van der Waals surface area (Å²) in [7, 11) is 0. The zero-order chi connectivity index (χ0) is 13.0. The number of nitriles is 1. The van der Waals surface area contributed by atoms with Gasteiger partial charge in [-0.2, -0.15) is 5.26 Å². The molecule has 0 bridgehead atoms. The van der Waals surface area contributed by atoms with Gasteiger partial charge in [0.05, 0.1) is 31.2 Å². The topological polar surface area (TPSA) is 65.4 Å². The molecule has 1 saturated carbocycles. The number of hydrogen-bond acceptors (Lipinski definition) is 4. The van der Waals surface area contributed by atoms with Crippen LogP contribution in [0, 0.1) is 17.2 Å². The highest BCUT2D eigenvalue weighted by atomic mass is 16.5. The number of carbonyl (C=O) groups is 1. The van der Waals surface area contributed by atoms with Crippen LogP contribution in [0.4, 0.5) is 0 Å². The van der Waals surface area contributed by atoms with Crippen LogP contribution in [0.2, 0.25) is 0 Å². The lowest BCUT2D eigenvalue weighted by molar-refractivity contribution is -0.137. The van der Waals surface area contributed by atoms with Crippen molar-refractivity contribution in [2.24, 2.45) is 5.92 Å². The second kappa shape index (κ2) is 6.17. The second-order valence-electron chi connectivity index (χ2n) is 5.10. The average molecular weight is 251 g/mol. The molecule has 1 amide bonds. The second-order valence-corrected chi connectivity index (χ2v) is 5.10. The maximum absolute atomic E-state index is 12.2. The number of morpholine rings is 1. The van der Waals surface area contributed by atoms with Crippen molar-refractivity contribution < 1.29 is 9.53 Å². The van der Waals surface area contributed by atoms with E-state index in [-0.39, 0.29) is 23.9 Å². The molecule has 3 atom stereocenters. The van der Waals surface area contributed by atoms with Crippen LogP contribution in [0.3, 0.4) is 0 Å². The predicted molar refractivity (Wildman–Crippen MR) is 66.7 cm³/mol. The first-order valence-electron chi connectivity index (χ1n) is 6.74. The van der Waals surface area contributed by atoms with E-state index in [1.54, 1.807) is 0 Å². The van der Waals surface area contributed by atoms with Gasteiger partial charge in [-0.15, -0.1) is 0 Å². The molecule has 2 rings (SSSR count). The minimum absolute atomic E-state index is 0.0601. The Morgan fingerprint density at radius 1 is 1.44 bits per heavy atom. The van der Waals surface area contributed by atoms with Crippen LogP contribution in [0.25, 0.3) is 0 Å². The molecule has 1 N–H and O–H groups in total. The van der Waals surface area contributed by atoms with Gasteiger partial charge in [-0.3, -0.25) is 4.79 Å². The van der Waals surface area contributed by atoms with Crippen molar-refractivity contribution in [3.8, 4) is 6.07 Å². The lowest BCUT2D eigenvalue weighted by Gasteiger charge is -2.31. The van der Waals surface area contributed by atoms with Crippen molar-refractivity contribution in [3.05, 3.63) is 0 Å². The summed E-state index contributed by atoms with van der Waals surface area (Å²) in [6.45, 7) is 4.50. The monoisotopic (exact) mass is 251 g/mol. The maximum atomic E-state index is 12.2. The molecule has 1 saturated heterocycles. The summed E-state index contributed by atoms with van der Waals surface area (Å²) in [5.41, 5.74) is 0. The maximum Gasteiger partial charge on any atom is 0.239 e. The van der Waals surface area contributed by atoms with Crippen molar-refractivity contribution >= 4 is 5.91 Å². The SMILES string of the molecule is CC(NC1CCCC1C#N)C(=O)N1CCOCC1. The van der Waals surface area contributed by atoms with Crippen molar-refractivity contribution in [2.45, 2.75) is 38.3 Å². The fraction of sp³-hybridized carbons (Fsp3) is 0.846. The summed E-state index contributed by atoms with van der Waals surface area (Å²) < 4.78 is 5.24. The quantitative estimate of drug-likeness (QED) is 0.794. The zero-order valence-electron chi connectivity index (χ0n) is 10.9. The van der Waals surface area contributed by atoms with E-state index >= 15 is 0 Å². The van der Waals surface area contributed by atoms with Gasteiger partial charge in [0.15, 0.2) is 0 Å². The minimum Gasteiger partial charge on any atom is -0.378 e. The van der Waals surface area contributed by atoms with Gasteiger partial charge in [0.1, 0.15) is 0 Å². The largest absolute Gasteiger partial charge is 0.378 e. The highest BCUT2D eigenvalue weighted by Gasteiger charge is 2.31. The molecule has 3 unspecified atom stereocenters. The van der Waals surface area contributed by atoms with Crippen LogP contribution in [-0.2, 0) is 9.53 Å². The standard InChI is InChI=1S/C13H21N3O2/c1-10(13(17)16-5-7-18-8-6-16)15-12-4-2-3-11(12)9-14/h10-12,15H,2-8H2,1H3. The molecule has 0 aromatic rings. The molecular weight excluding hydrogens is 230 g/mol. The average Bonchev–Trinajstić information content (AvgIpc) is 2.86. The Morgan fingerprint density at radius 3 is 2.83 bits per heavy atom. The first kappa shape index (κ1) is 13.3. The fourth-order valence-electron chi connectivity index (χ4n) is 2.76. The van der Waals surface area contributed by atoms with E-state index in [1.807, 2.05) is 11.8 Å². The number of carbonyl (C=O) groups excluding carboxylic acids is 1. The Labute approximate surface area is 108 Å². The van der Waals surface area contributed by atoms with Crippen LogP contribution in [-0.4, -0.2) is 49.2 Å². The Balaban J connectivity index is 1.85. The molecule has 100 valence electrons. The molecule has 0 spiro atoms. The van der Waals surface area contributed by atoms with Gasteiger partial charge in [-0.05, 0) is 19.8 Å². The predicted octanol–water partition coefficient (Wildman–Crippen LogP) is 0.516. The van der Waals surface area contributed by atoms with E-state index in [9.17, 15) is 4.79 Å². The summed E-state index contributed by atoms with van der Waals surface area (Å²) in [5.74, 6) is 0.187. The van der Waals surface area contributed by atoms with Gasteiger partial charge >= 0.3 is 0 Å². The number of amides is 1. The Bertz CT molecular complexity index is 334. The molecule has 0 aromatic carbocycles. The lowest BCUT2D eigenvalue weighted by Crippen LogP contribution is -2.52. The van der Waals surface area contributed by atoms with Gasteiger partial charge in [0, 0.05) is 19.1 Å². The van der Waals surface area contributed by atoms with E-state index in [2.05, 4.69) is 11.4 Å². The third-order valence-corrected chi connectivity index (χ3v) is 3.84. The molecule has 0 radical (unpaired) electrons. The normalized spacial score (nSPS) is 29.9. The molecule has 1 aliphatic heterocycles. The van der Waals surface area contributed by atoms with E-state index in [0.29, 0.717) is 26.3 Å². The molecule has 2 aliphatic rings. The zero-order valence-corrected chi connectivity index (χ0v) is 10.9. The molecule has 1 heterocycles. The lowest BCUT2D eigenvalue weighted by atomic mass is 10.0. The van der Waals surface area contributed by atoms with Crippen LogP contribution in [0.1, 0.15) is 26.2 Å². The van der Waals surface area contributed by atoms with Crippen molar-refractivity contribution in [1.82, 2.24) is 10.2 Å². The van der Waals surface area contributed by atoms with E-state index in [1.165, 1.54) is 0 Å². The van der Waals surface area contributed by atoms with Crippen LogP contribution < -0.4 is 5.32 Å². The first-order valence-corrected chi connectivity index (χ1v) is 6.74. The molecule has 1 aliphatic carbocycles. The summed E-state index contributed by atoms with van der Waals surface area (Å²) in [4.78, 5) is 14.1. The summed E-state index contributed by atoms with van der Waals surface area (Å²) in [6.07, 6.45) is 3.03. The van der Waals surface area contributed by atoms with Gasteiger partial charge in [0.25, 0.3) is 0 Å². The number of ether oxygens (including phenoxy) is 1. The molecule has 2 fully saturated rings. The molecule has 5 heteroatoms. The molecular formula is C13H21N3O2. The van der Waals surface area contributed by atoms with Gasteiger partial charge in [0.2, 0.25) is 5.91 Å². The number of rotatable bonds is 3. The van der Waals surface area contributed by atoms with Crippen LogP contribution in [0.5, 0.6) is 0 Å².